The molecule has 0 saturated carbocycles. The van der Waals surface area contributed by atoms with Crippen LogP contribution in [0.4, 0.5) is 5.82 Å². The molecule has 1 aliphatic rings. The summed E-state index contributed by atoms with van der Waals surface area (Å²) in [4.78, 5) is 22.9. The van der Waals surface area contributed by atoms with Gasteiger partial charge in [0.2, 0.25) is 0 Å². The van der Waals surface area contributed by atoms with Crippen LogP contribution < -0.4 is 5.73 Å². The number of anilines is 1. The molecule has 9 heteroatoms. The number of aromatic nitrogens is 4. The maximum Gasteiger partial charge on any atom is 0.274 e. The number of nitrogens with two attached hydrogens (primary N) is 1. The van der Waals surface area contributed by atoms with Crippen molar-refractivity contribution < 1.29 is 9.53 Å². The zero-order valence-electron chi connectivity index (χ0n) is 13.5. The van der Waals surface area contributed by atoms with Crippen LogP contribution in [0.5, 0.6) is 0 Å². The number of likely N-dealkylation sites (tertiary alicyclic amines) is 1. The first-order valence-corrected chi connectivity index (χ1v) is 7.97. The summed E-state index contributed by atoms with van der Waals surface area (Å²) >= 11 is 6.11. The maximum absolute atomic E-state index is 12.9. The molecule has 2 atom stereocenters. The zero-order valence-corrected chi connectivity index (χ0v) is 14.3. The number of carbonyl (C=O) groups is 1. The molecule has 2 aromatic rings. The largest absolute Gasteiger partial charge is 0.382 e. The zero-order chi connectivity index (χ0) is 17.3. The van der Waals surface area contributed by atoms with Gasteiger partial charge in [-0.3, -0.25) is 9.48 Å². The van der Waals surface area contributed by atoms with Crippen LogP contribution in [-0.2, 0) is 11.3 Å². The number of halogens is 1. The normalized spacial score (nSPS) is 20.5. The fourth-order valence-corrected chi connectivity index (χ4v) is 3.07. The van der Waals surface area contributed by atoms with Gasteiger partial charge in [0.1, 0.15) is 11.6 Å². The number of hydrogen-bond acceptors (Lipinski definition) is 6. The SMILES string of the molecule is CO[C@@H]1C[C@@H](Cn2ccc(N)n2)N(C(=O)c2nc(C)ncc2Cl)C1. The standard InChI is InChI=1S/C15H19ClN6O2/c1-9-18-6-12(16)14(19-9)15(23)22-8-11(24-2)5-10(22)7-21-4-3-13(17)20-21/h3-4,6,10-11H,5,7-8H2,1-2H3,(H2,17,20)/t10-,11+/m0/s1. The molecule has 1 amide bonds. The van der Waals surface area contributed by atoms with Gasteiger partial charge in [0.25, 0.3) is 5.91 Å². The van der Waals surface area contributed by atoms with Crippen LogP contribution in [-0.4, -0.2) is 56.4 Å². The molecule has 0 radical (unpaired) electrons. The molecule has 24 heavy (non-hydrogen) atoms. The molecule has 0 spiro atoms. The second-order valence-electron chi connectivity index (χ2n) is 5.78. The fourth-order valence-electron chi connectivity index (χ4n) is 2.90. The molecular formula is C15H19ClN6O2. The van der Waals surface area contributed by atoms with Gasteiger partial charge in [0.05, 0.1) is 29.9 Å². The quantitative estimate of drug-likeness (QED) is 0.887. The van der Waals surface area contributed by atoms with Crippen molar-refractivity contribution in [2.24, 2.45) is 0 Å². The average molecular weight is 351 g/mol. The molecule has 1 fully saturated rings. The molecule has 2 aromatic heterocycles. The van der Waals surface area contributed by atoms with E-state index in [9.17, 15) is 4.79 Å². The minimum absolute atomic E-state index is 0.0337. The van der Waals surface area contributed by atoms with Crippen molar-refractivity contribution in [3.05, 3.63) is 35.0 Å². The molecule has 0 bridgehead atoms. The molecule has 1 aliphatic heterocycles. The summed E-state index contributed by atoms with van der Waals surface area (Å²) in [6, 6.07) is 1.65. The molecule has 1 saturated heterocycles. The number of rotatable bonds is 4. The van der Waals surface area contributed by atoms with E-state index in [-0.39, 0.29) is 28.8 Å². The Labute approximate surface area is 144 Å². The second-order valence-corrected chi connectivity index (χ2v) is 6.19. The lowest BCUT2D eigenvalue weighted by Gasteiger charge is -2.24. The molecule has 0 aromatic carbocycles. The van der Waals surface area contributed by atoms with Crippen LogP contribution in [0.15, 0.2) is 18.5 Å². The van der Waals surface area contributed by atoms with Crippen LogP contribution in [0, 0.1) is 6.92 Å². The number of amides is 1. The minimum Gasteiger partial charge on any atom is -0.382 e. The van der Waals surface area contributed by atoms with Gasteiger partial charge in [0.15, 0.2) is 5.69 Å². The molecule has 128 valence electrons. The van der Waals surface area contributed by atoms with Crippen LogP contribution in [0.1, 0.15) is 22.7 Å². The number of ether oxygens (including phenoxy) is 1. The van der Waals surface area contributed by atoms with E-state index >= 15 is 0 Å². The van der Waals surface area contributed by atoms with E-state index in [0.717, 1.165) is 0 Å². The Morgan fingerprint density at radius 3 is 3.00 bits per heavy atom. The van der Waals surface area contributed by atoms with Crippen LogP contribution >= 0.6 is 11.6 Å². The van der Waals surface area contributed by atoms with Crippen molar-refractivity contribution >= 4 is 23.3 Å². The predicted octanol–water partition coefficient (Wildman–Crippen LogP) is 1.15. The number of methoxy groups -OCH3 is 1. The summed E-state index contributed by atoms with van der Waals surface area (Å²) in [6.07, 6.45) is 3.92. The first kappa shape index (κ1) is 16.7. The Morgan fingerprint density at radius 2 is 2.33 bits per heavy atom. The molecule has 3 heterocycles. The smallest absolute Gasteiger partial charge is 0.274 e. The van der Waals surface area contributed by atoms with Crippen molar-refractivity contribution in [3.8, 4) is 0 Å². The molecule has 0 aliphatic carbocycles. The Kier molecular flexibility index (Phi) is 4.68. The van der Waals surface area contributed by atoms with Gasteiger partial charge in [-0.2, -0.15) is 5.10 Å². The van der Waals surface area contributed by atoms with E-state index < -0.39 is 0 Å². The lowest BCUT2D eigenvalue weighted by molar-refractivity contribution is 0.0673. The van der Waals surface area contributed by atoms with Crippen LogP contribution in [0.3, 0.4) is 0 Å². The monoisotopic (exact) mass is 350 g/mol. The van der Waals surface area contributed by atoms with Crippen LogP contribution in [0.2, 0.25) is 5.02 Å². The maximum atomic E-state index is 12.9. The second kappa shape index (κ2) is 6.74. The van der Waals surface area contributed by atoms with Gasteiger partial charge in [-0.05, 0) is 19.4 Å². The summed E-state index contributed by atoms with van der Waals surface area (Å²) in [6.45, 7) is 2.74. The van der Waals surface area contributed by atoms with Gasteiger partial charge in [0, 0.05) is 19.9 Å². The minimum atomic E-state index is -0.227. The van der Waals surface area contributed by atoms with Crippen molar-refractivity contribution in [3.63, 3.8) is 0 Å². The number of carbonyl (C=O) groups excluding carboxylic acids is 1. The van der Waals surface area contributed by atoms with Crippen molar-refractivity contribution in [2.45, 2.75) is 32.0 Å². The summed E-state index contributed by atoms with van der Waals surface area (Å²) in [5, 5.41) is 4.43. The van der Waals surface area contributed by atoms with Crippen molar-refractivity contribution in [1.29, 1.82) is 0 Å². The van der Waals surface area contributed by atoms with E-state index in [1.165, 1.54) is 6.20 Å². The summed E-state index contributed by atoms with van der Waals surface area (Å²) in [5.74, 6) is 0.723. The number of nitrogens with zero attached hydrogens (tertiary/aromatic N) is 5. The summed E-state index contributed by atoms with van der Waals surface area (Å²) in [7, 11) is 1.64. The molecule has 0 unspecified atom stereocenters. The highest BCUT2D eigenvalue weighted by atomic mass is 35.5. The van der Waals surface area contributed by atoms with E-state index in [2.05, 4.69) is 15.1 Å². The van der Waals surface area contributed by atoms with E-state index in [1.807, 2.05) is 0 Å². The lowest BCUT2D eigenvalue weighted by atomic mass is 10.2. The van der Waals surface area contributed by atoms with Crippen molar-refractivity contribution in [2.75, 3.05) is 19.4 Å². The number of aryl methyl sites for hydroxylation is 1. The average Bonchev–Trinajstić information content (AvgIpc) is 3.15. The van der Waals surface area contributed by atoms with Gasteiger partial charge >= 0.3 is 0 Å². The number of hydrogen-bond donors (Lipinski definition) is 1. The Balaban J connectivity index is 1.85. The Morgan fingerprint density at radius 1 is 1.54 bits per heavy atom. The highest BCUT2D eigenvalue weighted by Crippen LogP contribution is 2.25. The Hall–Kier alpha value is -2.19. The topological polar surface area (TPSA) is 99.2 Å². The molecule has 8 nitrogen and oxygen atoms in total. The van der Waals surface area contributed by atoms with E-state index in [1.54, 1.807) is 35.9 Å². The predicted molar refractivity (Wildman–Crippen MR) is 88.7 cm³/mol. The summed E-state index contributed by atoms with van der Waals surface area (Å²) < 4.78 is 7.17. The third kappa shape index (κ3) is 3.34. The van der Waals surface area contributed by atoms with Gasteiger partial charge < -0.3 is 15.4 Å². The fraction of sp³-hybridized carbons (Fsp3) is 0.467. The first-order valence-electron chi connectivity index (χ1n) is 7.59. The van der Waals surface area contributed by atoms with Crippen molar-refractivity contribution in [1.82, 2.24) is 24.6 Å². The molecular weight excluding hydrogens is 332 g/mol. The van der Waals surface area contributed by atoms with E-state index in [0.29, 0.717) is 31.2 Å². The first-order chi connectivity index (χ1) is 11.5. The molecule has 2 N–H and O–H groups in total. The third-order valence-corrected chi connectivity index (χ3v) is 4.37. The molecule has 3 rings (SSSR count). The Bertz CT molecular complexity index is 749. The van der Waals surface area contributed by atoms with Crippen LogP contribution in [0.25, 0.3) is 0 Å². The highest BCUT2D eigenvalue weighted by Gasteiger charge is 2.37. The van der Waals surface area contributed by atoms with E-state index in [4.69, 9.17) is 22.1 Å². The highest BCUT2D eigenvalue weighted by molar-refractivity contribution is 6.33. The van der Waals surface area contributed by atoms with Gasteiger partial charge in [-0.1, -0.05) is 11.6 Å². The van der Waals surface area contributed by atoms with Gasteiger partial charge in [-0.15, -0.1) is 0 Å². The number of nitrogen functional groups attached to an aromatic ring is 1. The summed E-state index contributed by atoms with van der Waals surface area (Å²) in [5.41, 5.74) is 5.87. The third-order valence-electron chi connectivity index (χ3n) is 4.10. The van der Waals surface area contributed by atoms with Gasteiger partial charge in [-0.25, -0.2) is 9.97 Å². The lowest BCUT2D eigenvalue weighted by Crippen LogP contribution is -2.39.